The minimum Gasteiger partial charge on any atom is -0.475 e. The second-order valence-electron chi connectivity index (χ2n) is 12.3. The van der Waals surface area contributed by atoms with Crippen LogP contribution in [0.3, 0.4) is 0 Å². The highest BCUT2D eigenvalue weighted by Crippen LogP contribution is 2.40. The highest BCUT2D eigenvalue weighted by atomic mass is 16.4. The Labute approximate surface area is 231 Å². The Morgan fingerprint density at radius 1 is 1.00 bits per heavy atom. The monoisotopic (exact) mass is 530 g/mol. The summed E-state index contributed by atoms with van der Waals surface area (Å²) in [6, 6.07) is 11.2. The van der Waals surface area contributed by atoms with Gasteiger partial charge in [-0.25, -0.2) is 14.8 Å². The van der Waals surface area contributed by atoms with Crippen molar-refractivity contribution in [2.45, 2.75) is 96.7 Å². The van der Waals surface area contributed by atoms with E-state index in [1.165, 1.54) is 56.9 Å². The van der Waals surface area contributed by atoms with Gasteiger partial charge < -0.3 is 19.9 Å². The van der Waals surface area contributed by atoms with E-state index < -0.39 is 5.97 Å². The molecule has 3 aliphatic rings. The zero-order valence-corrected chi connectivity index (χ0v) is 23.4. The lowest BCUT2D eigenvalue weighted by Gasteiger charge is -2.38. The van der Waals surface area contributed by atoms with E-state index in [0.29, 0.717) is 23.3 Å². The molecule has 1 aliphatic heterocycles. The van der Waals surface area contributed by atoms with Crippen molar-refractivity contribution in [2.75, 3.05) is 16.8 Å². The Bertz CT molecular complexity index is 1300. The largest absolute Gasteiger partial charge is 0.475 e. The SMILES string of the molecule is CC1CCC(Cn2c(N3CCCC[C@@H]3c3ccccc3)nc3nc(C(=O)O)nc(N[C@H](C)C4CCC4)c32)CC1. The Morgan fingerprint density at radius 3 is 2.46 bits per heavy atom. The van der Waals surface area contributed by atoms with Crippen molar-refractivity contribution in [1.29, 1.82) is 0 Å². The molecule has 2 aliphatic carbocycles. The third kappa shape index (κ3) is 5.35. The minimum absolute atomic E-state index is 0.188. The van der Waals surface area contributed by atoms with Crippen molar-refractivity contribution < 1.29 is 9.90 Å². The second kappa shape index (κ2) is 11.1. The predicted octanol–water partition coefficient (Wildman–Crippen LogP) is 6.68. The lowest BCUT2D eigenvalue weighted by molar-refractivity contribution is 0.0684. The van der Waals surface area contributed by atoms with Gasteiger partial charge >= 0.3 is 5.97 Å². The van der Waals surface area contributed by atoms with Gasteiger partial charge in [0, 0.05) is 19.1 Å². The highest BCUT2D eigenvalue weighted by Gasteiger charge is 2.33. The van der Waals surface area contributed by atoms with Crippen LogP contribution in [0.1, 0.15) is 100 Å². The Balaban J connectivity index is 1.47. The normalized spacial score (nSPS) is 24.9. The molecule has 0 unspecified atom stereocenters. The first-order valence-electron chi connectivity index (χ1n) is 15.1. The fourth-order valence-electron chi connectivity index (χ4n) is 6.85. The number of benzene rings is 1. The number of carboxylic acid groups (broad SMARTS) is 1. The van der Waals surface area contributed by atoms with Gasteiger partial charge in [0.15, 0.2) is 11.5 Å². The summed E-state index contributed by atoms with van der Waals surface area (Å²) in [5.74, 6) is 2.16. The number of nitrogens with zero attached hydrogens (tertiary/aromatic N) is 5. The molecular formula is C31H42N6O2. The van der Waals surface area contributed by atoms with Crippen LogP contribution in [-0.4, -0.2) is 43.2 Å². The number of hydrogen-bond donors (Lipinski definition) is 2. The zero-order chi connectivity index (χ0) is 26.9. The first-order valence-corrected chi connectivity index (χ1v) is 15.1. The highest BCUT2D eigenvalue weighted by molar-refractivity contribution is 5.91. The maximum absolute atomic E-state index is 12.1. The summed E-state index contributed by atoms with van der Waals surface area (Å²) in [7, 11) is 0. The van der Waals surface area contributed by atoms with E-state index in [4.69, 9.17) is 4.98 Å². The molecule has 6 rings (SSSR count). The number of imidazole rings is 1. The molecule has 3 heterocycles. The van der Waals surface area contributed by atoms with Gasteiger partial charge in [-0.1, -0.05) is 56.5 Å². The van der Waals surface area contributed by atoms with Gasteiger partial charge in [0.05, 0.1) is 6.04 Å². The molecule has 2 N–H and O–H groups in total. The summed E-state index contributed by atoms with van der Waals surface area (Å²) in [6.07, 6.45) is 12.0. The Kier molecular flexibility index (Phi) is 7.45. The minimum atomic E-state index is -1.12. The molecule has 0 spiro atoms. The molecule has 3 aromatic rings. The molecule has 0 amide bonds. The quantitative estimate of drug-likeness (QED) is 0.335. The van der Waals surface area contributed by atoms with E-state index in [-0.39, 0.29) is 17.9 Å². The predicted molar refractivity (Wildman–Crippen MR) is 154 cm³/mol. The summed E-state index contributed by atoms with van der Waals surface area (Å²) in [5.41, 5.74) is 2.65. The van der Waals surface area contributed by atoms with Crippen molar-refractivity contribution in [2.24, 2.45) is 17.8 Å². The van der Waals surface area contributed by atoms with E-state index in [1.807, 2.05) is 0 Å². The summed E-state index contributed by atoms with van der Waals surface area (Å²) >= 11 is 0. The van der Waals surface area contributed by atoms with Crippen molar-refractivity contribution in [1.82, 2.24) is 19.5 Å². The van der Waals surface area contributed by atoms with E-state index in [1.54, 1.807) is 0 Å². The van der Waals surface area contributed by atoms with Crippen LogP contribution in [0, 0.1) is 17.8 Å². The lowest BCUT2D eigenvalue weighted by Crippen LogP contribution is -2.36. The van der Waals surface area contributed by atoms with Crippen LogP contribution in [0.4, 0.5) is 11.8 Å². The number of carbonyl (C=O) groups is 1. The molecular weight excluding hydrogens is 488 g/mol. The first-order chi connectivity index (χ1) is 19.0. The maximum atomic E-state index is 12.1. The number of aromatic nitrogens is 4. The number of fused-ring (bicyclic) bond motifs is 1. The molecule has 2 saturated carbocycles. The number of nitrogens with one attached hydrogen (secondary N) is 1. The van der Waals surface area contributed by atoms with E-state index >= 15 is 0 Å². The van der Waals surface area contributed by atoms with Crippen LogP contribution < -0.4 is 10.2 Å². The van der Waals surface area contributed by atoms with Gasteiger partial charge in [-0.15, -0.1) is 0 Å². The number of piperidine rings is 1. The van der Waals surface area contributed by atoms with Crippen molar-refractivity contribution in [3.05, 3.63) is 41.7 Å². The van der Waals surface area contributed by atoms with Crippen LogP contribution in [0.2, 0.25) is 0 Å². The van der Waals surface area contributed by atoms with Crippen molar-refractivity contribution in [3.63, 3.8) is 0 Å². The molecule has 1 saturated heterocycles. The van der Waals surface area contributed by atoms with Gasteiger partial charge in [0.1, 0.15) is 5.52 Å². The average molecular weight is 531 g/mol. The summed E-state index contributed by atoms with van der Waals surface area (Å²) < 4.78 is 2.35. The number of anilines is 2. The third-order valence-corrected chi connectivity index (χ3v) is 9.52. The van der Waals surface area contributed by atoms with Crippen molar-refractivity contribution >= 4 is 28.9 Å². The summed E-state index contributed by atoms with van der Waals surface area (Å²) in [6.45, 7) is 6.33. The molecule has 0 bridgehead atoms. The number of rotatable bonds is 8. The van der Waals surface area contributed by atoms with E-state index in [0.717, 1.165) is 43.3 Å². The zero-order valence-electron chi connectivity index (χ0n) is 23.4. The molecule has 0 radical (unpaired) electrons. The topological polar surface area (TPSA) is 96.2 Å². The standard InChI is InChI=1S/C31H42N6O2/c1-20-14-16-22(17-15-20)19-37-26-27(32-21(2)23-11-8-12-23)33-29(30(38)39)34-28(26)35-31(37)36-18-7-6-13-25(36)24-9-4-3-5-10-24/h3-5,9-10,20-23,25H,6-8,11-19H2,1-2H3,(H,38,39)(H,32,33,34)/t20?,21-,22?,25-/m1/s1. The van der Waals surface area contributed by atoms with E-state index in [9.17, 15) is 9.90 Å². The molecule has 208 valence electrons. The molecule has 2 atom stereocenters. The Morgan fingerprint density at radius 2 is 1.77 bits per heavy atom. The number of carboxylic acids is 1. The summed E-state index contributed by atoms with van der Waals surface area (Å²) in [4.78, 5) is 28.7. The van der Waals surface area contributed by atoms with Crippen LogP contribution in [-0.2, 0) is 6.54 Å². The number of aromatic carboxylic acids is 1. The lowest BCUT2D eigenvalue weighted by atomic mass is 9.80. The van der Waals surface area contributed by atoms with Gasteiger partial charge in [-0.05, 0) is 75.2 Å². The Hall–Kier alpha value is -3.16. The van der Waals surface area contributed by atoms with Crippen LogP contribution >= 0.6 is 0 Å². The van der Waals surface area contributed by atoms with Gasteiger partial charge in [-0.3, -0.25) is 0 Å². The molecule has 1 aromatic carbocycles. The number of hydrogen-bond acceptors (Lipinski definition) is 6. The second-order valence-corrected chi connectivity index (χ2v) is 12.3. The fraction of sp³-hybridized carbons (Fsp3) is 0.613. The van der Waals surface area contributed by atoms with Crippen LogP contribution in [0.25, 0.3) is 11.2 Å². The van der Waals surface area contributed by atoms with Gasteiger partial charge in [0.2, 0.25) is 11.8 Å². The van der Waals surface area contributed by atoms with Crippen molar-refractivity contribution in [3.8, 4) is 0 Å². The average Bonchev–Trinajstić information content (AvgIpc) is 3.27. The van der Waals surface area contributed by atoms with Gasteiger partial charge in [-0.2, -0.15) is 4.98 Å². The van der Waals surface area contributed by atoms with Gasteiger partial charge in [0.25, 0.3) is 0 Å². The smallest absolute Gasteiger partial charge is 0.374 e. The van der Waals surface area contributed by atoms with Crippen LogP contribution in [0.5, 0.6) is 0 Å². The fourth-order valence-corrected chi connectivity index (χ4v) is 6.85. The third-order valence-electron chi connectivity index (χ3n) is 9.52. The first kappa shape index (κ1) is 26.1. The van der Waals surface area contributed by atoms with E-state index in [2.05, 4.69) is 68.9 Å². The summed E-state index contributed by atoms with van der Waals surface area (Å²) in [5, 5.41) is 13.5. The maximum Gasteiger partial charge on any atom is 0.374 e. The molecule has 2 aromatic heterocycles. The molecule has 3 fully saturated rings. The van der Waals surface area contributed by atoms with Crippen LogP contribution in [0.15, 0.2) is 30.3 Å². The molecule has 8 nitrogen and oxygen atoms in total. The molecule has 8 heteroatoms. The molecule has 39 heavy (non-hydrogen) atoms.